The number of hydrogen-bond donors (Lipinski definition) is 0. The molecule has 1 aliphatic rings. The van der Waals surface area contributed by atoms with Crippen molar-refractivity contribution in [1.82, 2.24) is 9.88 Å². The Hall–Kier alpha value is -2.69. The molecular formula is C18H17FN2O2. The lowest BCUT2D eigenvalue weighted by atomic mass is 10.0. The van der Waals surface area contributed by atoms with Gasteiger partial charge < -0.3 is 4.74 Å². The van der Waals surface area contributed by atoms with Gasteiger partial charge in [-0.15, -0.1) is 0 Å². The smallest absolute Gasteiger partial charge is 0.414 e. The van der Waals surface area contributed by atoms with Crippen molar-refractivity contribution in [2.75, 3.05) is 6.54 Å². The summed E-state index contributed by atoms with van der Waals surface area (Å²) < 4.78 is 18.2. The molecule has 0 bridgehead atoms. The number of hydrogen-bond acceptors (Lipinski definition) is 3. The summed E-state index contributed by atoms with van der Waals surface area (Å²) in [6.45, 7) is 0.864. The van der Waals surface area contributed by atoms with E-state index in [9.17, 15) is 9.18 Å². The number of benzene rings is 1. The van der Waals surface area contributed by atoms with Crippen molar-refractivity contribution in [2.45, 2.75) is 19.4 Å². The second kappa shape index (κ2) is 7.05. The topological polar surface area (TPSA) is 42.4 Å². The predicted molar refractivity (Wildman–Crippen MR) is 84.7 cm³/mol. The second-order valence-corrected chi connectivity index (χ2v) is 5.36. The van der Waals surface area contributed by atoms with E-state index in [0.717, 1.165) is 29.5 Å². The maximum atomic E-state index is 12.9. The summed E-state index contributed by atoms with van der Waals surface area (Å²) in [6, 6.07) is 12.6. The molecule has 23 heavy (non-hydrogen) atoms. The first-order valence-electron chi connectivity index (χ1n) is 7.52. The van der Waals surface area contributed by atoms with Crippen molar-refractivity contribution in [1.29, 1.82) is 0 Å². The van der Waals surface area contributed by atoms with E-state index in [1.54, 1.807) is 17.2 Å². The van der Waals surface area contributed by atoms with E-state index in [4.69, 9.17) is 4.74 Å². The minimum atomic E-state index is -0.510. The van der Waals surface area contributed by atoms with E-state index in [1.807, 2.05) is 30.3 Å². The zero-order valence-electron chi connectivity index (χ0n) is 12.6. The van der Waals surface area contributed by atoms with Gasteiger partial charge in [0.05, 0.1) is 0 Å². The molecule has 2 aromatic rings. The molecular weight excluding hydrogens is 295 g/mol. The Kier molecular flexibility index (Phi) is 4.66. The van der Waals surface area contributed by atoms with Gasteiger partial charge >= 0.3 is 6.09 Å². The number of pyridine rings is 1. The van der Waals surface area contributed by atoms with Crippen LogP contribution in [0, 0.1) is 5.95 Å². The lowest BCUT2D eigenvalue weighted by Crippen LogP contribution is -2.30. The molecule has 1 aromatic heterocycles. The van der Waals surface area contributed by atoms with Crippen LogP contribution in [0.15, 0.2) is 54.9 Å². The zero-order chi connectivity index (χ0) is 16.1. The highest BCUT2D eigenvalue weighted by Crippen LogP contribution is 2.24. The highest BCUT2D eigenvalue weighted by atomic mass is 19.1. The Morgan fingerprint density at radius 1 is 1.22 bits per heavy atom. The van der Waals surface area contributed by atoms with Crippen LogP contribution in [0.25, 0.3) is 5.57 Å². The number of allylic oxidation sites excluding steroid dienone is 1. The van der Waals surface area contributed by atoms with Crippen LogP contribution in [0.1, 0.15) is 24.0 Å². The molecule has 1 aliphatic heterocycles. The van der Waals surface area contributed by atoms with Gasteiger partial charge in [-0.2, -0.15) is 4.39 Å². The summed E-state index contributed by atoms with van der Waals surface area (Å²) in [7, 11) is 0. The summed E-state index contributed by atoms with van der Waals surface area (Å²) in [5, 5.41) is 0. The Labute approximate surface area is 134 Å². The third-order valence-corrected chi connectivity index (χ3v) is 3.69. The summed E-state index contributed by atoms with van der Waals surface area (Å²) in [5.74, 6) is -0.510. The fourth-order valence-electron chi connectivity index (χ4n) is 2.49. The SMILES string of the molecule is O=C(OCc1ccccc1)N1C=C(c2ccc(F)nc2)CCC1. The molecule has 0 radical (unpaired) electrons. The van der Waals surface area contributed by atoms with Gasteiger partial charge in [-0.05, 0) is 41.7 Å². The van der Waals surface area contributed by atoms with Gasteiger partial charge in [0, 0.05) is 18.9 Å². The van der Waals surface area contributed by atoms with Crippen molar-refractivity contribution in [2.24, 2.45) is 0 Å². The van der Waals surface area contributed by atoms with Crippen molar-refractivity contribution in [3.05, 3.63) is 71.9 Å². The largest absolute Gasteiger partial charge is 0.444 e. The Morgan fingerprint density at radius 2 is 2.04 bits per heavy atom. The highest BCUT2D eigenvalue weighted by Gasteiger charge is 2.19. The van der Waals surface area contributed by atoms with E-state index in [1.165, 1.54) is 12.3 Å². The van der Waals surface area contributed by atoms with Gasteiger partial charge in [0.15, 0.2) is 0 Å². The van der Waals surface area contributed by atoms with Crippen LogP contribution in [0.3, 0.4) is 0 Å². The van der Waals surface area contributed by atoms with Gasteiger partial charge in [0.2, 0.25) is 5.95 Å². The summed E-state index contributed by atoms with van der Waals surface area (Å²) in [6.07, 6.45) is 4.55. The van der Waals surface area contributed by atoms with Gasteiger partial charge in [-0.1, -0.05) is 30.3 Å². The maximum absolute atomic E-state index is 12.9. The molecule has 0 unspecified atom stereocenters. The molecule has 118 valence electrons. The van der Waals surface area contributed by atoms with E-state index in [0.29, 0.717) is 6.54 Å². The van der Waals surface area contributed by atoms with Crippen LogP contribution in [0.2, 0.25) is 0 Å². The van der Waals surface area contributed by atoms with Crippen LogP contribution in [-0.4, -0.2) is 22.5 Å². The quantitative estimate of drug-likeness (QED) is 0.805. The number of aromatic nitrogens is 1. The summed E-state index contributed by atoms with van der Waals surface area (Å²) >= 11 is 0. The van der Waals surface area contributed by atoms with Crippen molar-refractivity contribution in [3.8, 4) is 0 Å². The number of nitrogens with zero attached hydrogens (tertiary/aromatic N) is 2. The average molecular weight is 312 g/mol. The monoisotopic (exact) mass is 312 g/mol. The molecule has 0 saturated heterocycles. The summed E-state index contributed by atoms with van der Waals surface area (Å²) in [4.78, 5) is 17.4. The van der Waals surface area contributed by atoms with Gasteiger partial charge in [0.1, 0.15) is 6.61 Å². The maximum Gasteiger partial charge on any atom is 0.414 e. The molecule has 5 heteroatoms. The van der Waals surface area contributed by atoms with Crippen LogP contribution < -0.4 is 0 Å². The fraction of sp³-hybridized carbons (Fsp3) is 0.222. The number of amides is 1. The third kappa shape index (κ3) is 3.94. The lowest BCUT2D eigenvalue weighted by molar-refractivity contribution is 0.109. The standard InChI is InChI=1S/C18H17FN2O2/c19-17-9-8-15(11-20-17)16-7-4-10-21(12-16)18(22)23-13-14-5-2-1-3-6-14/h1-3,5-6,8-9,11-12H,4,7,10,13H2. The second-order valence-electron chi connectivity index (χ2n) is 5.36. The molecule has 4 nitrogen and oxygen atoms in total. The number of rotatable bonds is 3. The summed E-state index contributed by atoms with van der Waals surface area (Å²) in [5.41, 5.74) is 2.73. The molecule has 0 atom stereocenters. The van der Waals surface area contributed by atoms with Gasteiger partial charge in [0.25, 0.3) is 0 Å². The molecule has 2 heterocycles. The molecule has 0 aliphatic carbocycles. The van der Waals surface area contributed by atoms with Crippen LogP contribution in [-0.2, 0) is 11.3 Å². The molecule has 3 rings (SSSR count). The van der Waals surface area contributed by atoms with Gasteiger partial charge in [-0.3, -0.25) is 4.90 Å². The van der Waals surface area contributed by atoms with Crippen molar-refractivity contribution >= 4 is 11.7 Å². The normalized spacial score (nSPS) is 14.3. The molecule has 1 aromatic carbocycles. The highest BCUT2D eigenvalue weighted by molar-refractivity contribution is 5.74. The van der Waals surface area contributed by atoms with E-state index >= 15 is 0 Å². The number of carbonyl (C=O) groups is 1. The zero-order valence-corrected chi connectivity index (χ0v) is 12.6. The first kappa shape index (κ1) is 15.2. The average Bonchev–Trinajstić information content (AvgIpc) is 2.61. The molecule has 0 N–H and O–H groups in total. The number of ether oxygens (including phenoxy) is 1. The number of halogens is 1. The Bertz CT molecular complexity index is 699. The third-order valence-electron chi connectivity index (χ3n) is 3.69. The Balaban J connectivity index is 1.66. The van der Waals surface area contributed by atoms with Gasteiger partial charge in [-0.25, -0.2) is 9.78 Å². The molecule has 0 saturated carbocycles. The molecule has 0 spiro atoms. The molecule has 0 fully saturated rings. The van der Waals surface area contributed by atoms with Crippen LogP contribution in [0.4, 0.5) is 9.18 Å². The fourth-order valence-corrected chi connectivity index (χ4v) is 2.49. The van der Waals surface area contributed by atoms with Crippen LogP contribution >= 0.6 is 0 Å². The lowest BCUT2D eigenvalue weighted by Gasteiger charge is -2.24. The van der Waals surface area contributed by atoms with E-state index < -0.39 is 5.95 Å². The minimum Gasteiger partial charge on any atom is -0.444 e. The predicted octanol–water partition coefficient (Wildman–Crippen LogP) is 3.99. The van der Waals surface area contributed by atoms with E-state index in [-0.39, 0.29) is 12.7 Å². The molecule has 1 amide bonds. The minimum absolute atomic E-state index is 0.247. The number of carbonyl (C=O) groups excluding carboxylic acids is 1. The van der Waals surface area contributed by atoms with Crippen molar-refractivity contribution < 1.29 is 13.9 Å². The first-order valence-corrected chi connectivity index (χ1v) is 7.52. The Morgan fingerprint density at radius 3 is 2.78 bits per heavy atom. The first-order chi connectivity index (χ1) is 11.2. The van der Waals surface area contributed by atoms with Crippen molar-refractivity contribution in [3.63, 3.8) is 0 Å². The van der Waals surface area contributed by atoms with E-state index in [2.05, 4.69) is 4.98 Å². The van der Waals surface area contributed by atoms with Crippen LogP contribution in [0.5, 0.6) is 0 Å².